The Morgan fingerprint density at radius 2 is 2.04 bits per heavy atom. The lowest BCUT2D eigenvalue weighted by molar-refractivity contribution is 0.102. The van der Waals surface area contributed by atoms with Crippen molar-refractivity contribution in [3.05, 3.63) is 34.8 Å². The maximum Gasteiger partial charge on any atom is 0.258 e. The van der Waals surface area contributed by atoms with E-state index in [1.54, 1.807) is 11.8 Å². The van der Waals surface area contributed by atoms with E-state index in [1.807, 2.05) is 24.3 Å². The van der Waals surface area contributed by atoms with Crippen LogP contribution in [0, 0.1) is 0 Å². The summed E-state index contributed by atoms with van der Waals surface area (Å²) in [6.45, 7) is 2.14. The molecule has 24 heavy (non-hydrogen) atoms. The molecule has 1 aliphatic carbocycles. The average molecular weight is 362 g/mol. The molecule has 0 unspecified atom stereocenters. The van der Waals surface area contributed by atoms with Crippen molar-refractivity contribution in [1.82, 2.24) is 10.2 Å². The summed E-state index contributed by atoms with van der Waals surface area (Å²) in [5, 5.41) is 13.1. The fourth-order valence-electron chi connectivity index (χ4n) is 2.96. The minimum absolute atomic E-state index is 0.0967. The lowest BCUT2D eigenvalue weighted by Gasteiger charge is -2.18. The molecule has 0 radical (unpaired) electrons. The third kappa shape index (κ3) is 4.36. The van der Waals surface area contributed by atoms with E-state index in [2.05, 4.69) is 22.4 Å². The number of rotatable bonds is 6. The van der Waals surface area contributed by atoms with E-state index in [0.717, 1.165) is 22.1 Å². The highest BCUT2D eigenvalue weighted by atomic mass is 32.2. The minimum atomic E-state index is -0.0967. The van der Waals surface area contributed by atoms with Gasteiger partial charge in [0, 0.05) is 10.8 Å². The Morgan fingerprint density at radius 3 is 2.83 bits per heavy atom. The van der Waals surface area contributed by atoms with Crippen molar-refractivity contribution in [2.24, 2.45) is 0 Å². The molecule has 4 nitrogen and oxygen atoms in total. The van der Waals surface area contributed by atoms with Crippen molar-refractivity contribution in [1.29, 1.82) is 0 Å². The van der Waals surface area contributed by atoms with E-state index < -0.39 is 0 Å². The third-order valence-corrected chi connectivity index (χ3v) is 6.49. The quantitative estimate of drug-likeness (QED) is 0.706. The van der Waals surface area contributed by atoms with Crippen LogP contribution in [0.25, 0.3) is 0 Å². The molecule has 1 fully saturated rings. The molecule has 1 aromatic carbocycles. The number of aromatic nitrogens is 2. The van der Waals surface area contributed by atoms with Crippen molar-refractivity contribution in [3.8, 4) is 0 Å². The zero-order chi connectivity index (χ0) is 16.8. The van der Waals surface area contributed by atoms with Crippen LogP contribution in [0.1, 0.15) is 66.7 Å². The second-order valence-electron chi connectivity index (χ2n) is 6.08. The Morgan fingerprint density at radius 1 is 1.25 bits per heavy atom. The fourth-order valence-corrected chi connectivity index (χ4v) is 4.78. The Kier molecular flexibility index (Phi) is 6.26. The van der Waals surface area contributed by atoms with Gasteiger partial charge in [0.2, 0.25) is 5.13 Å². The Balaban J connectivity index is 1.68. The van der Waals surface area contributed by atoms with Gasteiger partial charge in [-0.2, -0.15) is 0 Å². The van der Waals surface area contributed by atoms with Crippen LogP contribution in [-0.4, -0.2) is 21.9 Å². The minimum Gasteiger partial charge on any atom is -0.296 e. The fraction of sp³-hybridized carbons (Fsp3) is 0.500. The molecule has 3 rings (SSSR count). The molecular weight excluding hydrogens is 338 g/mol. The second-order valence-corrected chi connectivity index (χ2v) is 8.22. The standard InChI is InChI=1S/C18H23N3OS2/c1-2-12-23-15-11-7-6-10-14(15)16(22)19-18-21-20-17(24-18)13-8-4-3-5-9-13/h6-7,10-11,13H,2-5,8-9,12H2,1H3,(H,19,21,22). The highest BCUT2D eigenvalue weighted by Gasteiger charge is 2.20. The molecule has 0 atom stereocenters. The third-order valence-electron chi connectivity index (χ3n) is 4.21. The van der Waals surface area contributed by atoms with Crippen molar-refractivity contribution >= 4 is 34.1 Å². The smallest absolute Gasteiger partial charge is 0.258 e. The maximum absolute atomic E-state index is 12.6. The summed E-state index contributed by atoms with van der Waals surface area (Å²) >= 11 is 3.25. The van der Waals surface area contributed by atoms with E-state index in [-0.39, 0.29) is 5.91 Å². The van der Waals surface area contributed by atoms with Crippen molar-refractivity contribution < 1.29 is 4.79 Å². The molecule has 0 aliphatic heterocycles. The highest BCUT2D eigenvalue weighted by Crippen LogP contribution is 2.35. The van der Waals surface area contributed by atoms with E-state index in [4.69, 9.17) is 0 Å². The first kappa shape index (κ1) is 17.4. The monoisotopic (exact) mass is 361 g/mol. The largest absolute Gasteiger partial charge is 0.296 e. The van der Waals surface area contributed by atoms with Gasteiger partial charge in [-0.1, -0.05) is 49.7 Å². The number of carbonyl (C=O) groups excluding carboxylic acids is 1. The highest BCUT2D eigenvalue weighted by molar-refractivity contribution is 7.99. The Bertz CT molecular complexity index is 680. The number of nitrogens with one attached hydrogen (secondary N) is 1. The van der Waals surface area contributed by atoms with Crippen LogP contribution in [0.15, 0.2) is 29.2 Å². The number of amides is 1. The molecule has 6 heteroatoms. The molecule has 1 aliphatic rings. The molecule has 2 aromatic rings. The lowest BCUT2D eigenvalue weighted by atomic mass is 9.90. The van der Waals surface area contributed by atoms with Gasteiger partial charge in [0.05, 0.1) is 5.56 Å². The van der Waals surface area contributed by atoms with E-state index >= 15 is 0 Å². The van der Waals surface area contributed by atoms with E-state index in [9.17, 15) is 4.79 Å². The summed E-state index contributed by atoms with van der Waals surface area (Å²) in [6.07, 6.45) is 7.34. The van der Waals surface area contributed by atoms with E-state index in [1.165, 1.54) is 43.4 Å². The van der Waals surface area contributed by atoms with Gasteiger partial charge < -0.3 is 0 Å². The van der Waals surface area contributed by atoms with Crippen LogP contribution < -0.4 is 5.32 Å². The lowest BCUT2D eigenvalue weighted by Crippen LogP contribution is -2.12. The van der Waals surface area contributed by atoms with Crippen LogP contribution in [0.2, 0.25) is 0 Å². The summed E-state index contributed by atoms with van der Waals surface area (Å²) in [4.78, 5) is 13.6. The number of carbonyl (C=O) groups is 1. The van der Waals surface area contributed by atoms with Crippen molar-refractivity contribution in [3.63, 3.8) is 0 Å². The number of hydrogen-bond donors (Lipinski definition) is 1. The van der Waals surface area contributed by atoms with Crippen LogP contribution >= 0.6 is 23.1 Å². The zero-order valence-corrected chi connectivity index (χ0v) is 15.6. The average Bonchev–Trinajstić information content (AvgIpc) is 3.09. The van der Waals surface area contributed by atoms with Gasteiger partial charge in [0.15, 0.2) is 0 Å². The molecule has 1 aromatic heterocycles. The molecule has 1 saturated carbocycles. The number of anilines is 1. The first-order valence-corrected chi connectivity index (χ1v) is 10.4. The van der Waals surface area contributed by atoms with Crippen LogP contribution in [0.3, 0.4) is 0 Å². The van der Waals surface area contributed by atoms with Crippen LogP contribution in [0.5, 0.6) is 0 Å². The molecular formula is C18H23N3OS2. The van der Waals surface area contributed by atoms with Crippen LogP contribution in [0.4, 0.5) is 5.13 Å². The Labute approximate surface area is 151 Å². The number of thioether (sulfide) groups is 1. The SMILES string of the molecule is CCCSc1ccccc1C(=O)Nc1nnc(C2CCCCC2)s1. The number of hydrogen-bond acceptors (Lipinski definition) is 5. The van der Waals surface area contributed by atoms with Gasteiger partial charge in [0.1, 0.15) is 5.01 Å². The van der Waals surface area contributed by atoms with Gasteiger partial charge in [-0.3, -0.25) is 10.1 Å². The first-order chi connectivity index (χ1) is 11.8. The topological polar surface area (TPSA) is 54.9 Å². The predicted molar refractivity (Wildman–Crippen MR) is 101 cm³/mol. The zero-order valence-electron chi connectivity index (χ0n) is 14.0. The molecule has 1 heterocycles. The summed E-state index contributed by atoms with van der Waals surface area (Å²) in [7, 11) is 0. The Hall–Kier alpha value is -1.40. The predicted octanol–water partition coefficient (Wildman–Crippen LogP) is 5.34. The molecule has 1 amide bonds. The van der Waals surface area contributed by atoms with E-state index in [0.29, 0.717) is 16.6 Å². The summed E-state index contributed by atoms with van der Waals surface area (Å²) in [6, 6.07) is 7.75. The summed E-state index contributed by atoms with van der Waals surface area (Å²) in [5.74, 6) is 1.43. The van der Waals surface area contributed by atoms with Crippen LogP contribution in [-0.2, 0) is 0 Å². The first-order valence-electron chi connectivity index (χ1n) is 8.64. The molecule has 1 N–H and O–H groups in total. The van der Waals surface area contributed by atoms with Gasteiger partial charge >= 0.3 is 0 Å². The number of benzene rings is 1. The molecule has 0 spiro atoms. The van der Waals surface area contributed by atoms with Gasteiger partial charge in [-0.15, -0.1) is 22.0 Å². The summed E-state index contributed by atoms with van der Waals surface area (Å²) in [5.41, 5.74) is 0.713. The maximum atomic E-state index is 12.6. The van der Waals surface area contributed by atoms with Gasteiger partial charge in [0.25, 0.3) is 5.91 Å². The van der Waals surface area contributed by atoms with Gasteiger partial charge in [-0.25, -0.2) is 0 Å². The second kappa shape index (κ2) is 8.62. The summed E-state index contributed by atoms with van der Waals surface area (Å²) < 4.78 is 0. The van der Waals surface area contributed by atoms with Gasteiger partial charge in [-0.05, 0) is 37.1 Å². The molecule has 0 bridgehead atoms. The molecule has 0 saturated heterocycles. The van der Waals surface area contributed by atoms with Crippen molar-refractivity contribution in [2.45, 2.75) is 56.3 Å². The normalized spacial score (nSPS) is 15.4. The molecule has 128 valence electrons. The van der Waals surface area contributed by atoms with Crippen molar-refractivity contribution in [2.75, 3.05) is 11.1 Å². The number of nitrogens with zero attached hydrogens (tertiary/aromatic N) is 2.